The summed E-state index contributed by atoms with van der Waals surface area (Å²) in [5.41, 5.74) is 0.521. The first-order valence-electron chi connectivity index (χ1n) is 8.85. The van der Waals surface area contributed by atoms with E-state index < -0.39 is 0 Å². The van der Waals surface area contributed by atoms with Gasteiger partial charge in [0.2, 0.25) is 11.8 Å². The average molecular weight is 356 g/mol. The van der Waals surface area contributed by atoms with Gasteiger partial charge in [0.05, 0.1) is 26.1 Å². The first-order chi connectivity index (χ1) is 12.6. The molecule has 0 saturated carbocycles. The van der Waals surface area contributed by atoms with Crippen molar-refractivity contribution in [2.24, 2.45) is 5.92 Å². The van der Waals surface area contributed by atoms with Crippen molar-refractivity contribution in [3.8, 4) is 5.88 Å². The monoisotopic (exact) mass is 356 g/mol. The Morgan fingerprint density at radius 3 is 2.81 bits per heavy atom. The van der Waals surface area contributed by atoms with Crippen LogP contribution < -0.4 is 4.74 Å². The molecule has 3 heterocycles. The van der Waals surface area contributed by atoms with E-state index in [1.165, 1.54) is 12.1 Å². The number of aromatic nitrogens is 1. The predicted octanol–water partition coefficient (Wildman–Crippen LogP) is 2.46. The number of pyridine rings is 1. The summed E-state index contributed by atoms with van der Waals surface area (Å²) in [7, 11) is 0. The predicted molar refractivity (Wildman–Crippen MR) is 93.2 cm³/mol. The molecule has 0 bridgehead atoms. The van der Waals surface area contributed by atoms with Crippen LogP contribution in [0, 0.1) is 11.7 Å². The second-order valence-electron chi connectivity index (χ2n) is 6.93. The van der Waals surface area contributed by atoms with Crippen LogP contribution in [-0.2, 0) is 16.0 Å². The molecule has 1 unspecified atom stereocenters. The molecular weight excluding hydrogens is 335 g/mol. The maximum Gasteiger partial charge on any atom is 0.227 e. The molecule has 4 rings (SSSR count). The molecule has 2 aromatic rings. The third kappa shape index (κ3) is 3.42. The molecule has 0 aliphatic carbocycles. The molecule has 1 atom stereocenters. The number of halogens is 1. The van der Waals surface area contributed by atoms with Gasteiger partial charge in [0.1, 0.15) is 11.4 Å². The number of rotatable bonds is 5. The van der Waals surface area contributed by atoms with Crippen molar-refractivity contribution >= 4 is 5.91 Å². The molecule has 1 aromatic carbocycles. The summed E-state index contributed by atoms with van der Waals surface area (Å²) in [6.45, 7) is 2.40. The Labute approximate surface area is 151 Å². The van der Waals surface area contributed by atoms with E-state index >= 15 is 0 Å². The number of likely N-dealkylation sites (tertiary alicyclic amines) is 1. The van der Waals surface area contributed by atoms with Crippen molar-refractivity contribution in [1.82, 2.24) is 9.88 Å². The number of nitrogens with zero attached hydrogens (tertiary/aromatic N) is 2. The van der Waals surface area contributed by atoms with E-state index in [9.17, 15) is 9.18 Å². The minimum Gasteiger partial charge on any atom is -0.477 e. The van der Waals surface area contributed by atoms with Gasteiger partial charge in [0.15, 0.2) is 0 Å². The standard InChI is InChI=1S/C20H21FN2O3/c21-17-6-4-15(5-7-17)11-19(24)23-13-20(14-23)16(8-10-26-20)12-25-18-3-1-2-9-22-18/h1-7,9,16H,8,10-14H2. The zero-order valence-corrected chi connectivity index (χ0v) is 14.4. The van der Waals surface area contributed by atoms with Crippen LogP contribution >= 0.6 is 0 Å². The van der Waals surface area contributed by atoms with Crippen molar-refractivity contribution in [1.29, 1.82) is 0 Å². The lowest BCUT2D eigenvalue weighted by atomic mass is 9.81. The van der Waals surface area contributed by atoms with Crippen LogP contribution in [0.3, 0.4) is 0 Å². The molecule has 136 valence electrons. The molecule has 2 aliphatic rings. The fourth-order valence-electron chi connectivity index (χ4n) is 3.65. The number of hydrogen-bond donors (Lipinski definition) is 0. The van der Waals surface area contributed by atoms with Crippen LogP contribution in [-0.4, -0.2) is 47.7 Å². The van der Waals surface area contributed by atoms with E-state index in [0.29, 0.717) is 32.2 Å². The summed E-state index contributed by atoms with van der Waals surface area (Å²) in [6, 6.07) is 11.6. The van der Waals surface area contributed by atoms with Gasteiger partial charge in [0, 0.05) is 24.8 Å². The van der Waals surface area contributed by atoms with Crippen LogP contribution in [0.5, 0.6) is 5.88 Å². The van der Waals surface area contributed by atoms with Gasteiger partial charge in [-0.05, 0) is 30.2 Å². The smallest absolute Gasteiger partial charge is 0.227 e. The molecular formula is C20H21FN2O3. The summed E-state index contributed by atoms with van der Waals surface area (Å²) in [4.78, 5) is 18.4. The second kappa shape index (κ2) is 7.03. The molecule has 1 spiro atoms. The van der Waals surface area contributed by atoms with Crippen LogP contribution in [0.15, 0.2) is 48.7 Å². The molecule has 1 amide bonds. The highest BCUT2D eigenvalue weighted by Gasteiger charge is 2.54. The number of ether oxygens (including phenoxy) is 2. The first-order valence-corrected chi connectivity index (χ1v) is 8.85. The van der Waals surface area contributed by atoms with E-state index in [1.54, 1.807) is 18.3 Å². The Bertz CT molecular complexity index is 760. The Morgan fingerprint density at radius 1 is 1.27 bits per heavy atom. The van der Waals surface area contributed by atoms with Crippen LogP contribution in [0.2, 0.25) is 0 Å². The van der Waals surface area contributed by atoms with Crippen LogP contribution in [0.25, 0.3) is 0 Å². The fraction of sp³-hybridized carbons (Fsp3) is 0.400. The van der Waals surface area contributed by atoms with E-state index in [0.717, 1.165) is 12.0 Å². The highest BCUT2D eigenvalue weighted by Crippen LogP contribution is 2.40. The molecule has 5 nitrogen and oxygen atoms in total. The van der Waals surface area contributed by atoms with Crippen molar-refractivity contribution in [2.45, 2.75) is 18.4 Å². The van der Waals surface area contributed by atoms with E-state index in [1.807, 2.05) is 23.1 Å². The largest absolute Gasteiger partial charge is 0.477 e. The topological polar surface area (TPSA) is 51.7 Å². The Kier molecular flexibility index (Phi) is 4.59. The van der Waals surface area contributed by atoms with Gasteiger partial charge in [0.25, 0.3) is 0 Å². The molecule has 2 saturated heterocycles. The van der Waals surface area contributed by atoms with Gasteiger partial charge >= 0.3 is 0 Å². The van der Waals surface area contributed by atoms with Gasteiger partial charge in [-0.15, -0.1) is 0 Å². The zero-order valence-electron chi connectivity index (χ0n) is 14.4. The Balaban J connectivity index is 1.31. The fourth-order valence-corrected chi connectivity index (χ4v) is 3.65. The average Bonchev–Trinajstić information content (AvgIpc) is 3.05. The molecule has 2 fully saturated rings. The minimum absolute atomic E-state index is 0.0436. The van der Waals surface area contributed by atoms with E-state index in [4.69, 9.17) is 9.47 Å². The normalized spacial score (nSPS) is 20.8. The molecule has 6 heteroatoms. The third-order valence-electron chi connectivity index (χ3n) is 5.21. The van der Waals surface area contributed by atoms with Gasteiger partial charge < -0.3 is 14.4 Å². The summed E-state index contributed by atoms with van der Waals surface area (Å²) in [5.74, 6) is 0.610. The second-order valence-corrected chi connectivity index (χ2v) is 6.93. The maximum absolute atomic E-state index is 13.0. The number of benzene rings is 1. The molecule has 0 radical (unpaired) electrons. The van der Waals surface area contributed by atoms with Crippen molar-refractivity contribution in [3.63, 3.8) is 0 Å². The summed E-state index contributed by atoms with van der Waals surface area (Å²) in [6.07, 6.45) is 2.91. The van der Waals surface area contributed by atoms with Gasteiger partial charge in [-0.3, -0.25) is 4.79 Å². The highest BCUT2D eigenvalue weighted by molar-refractivity contribution is 5.80. The number of hydrogen-bond acceptors (Lipinski definition) is 4. The number of carbonyl (C=O) groups excluding carboxylic acids is 1. The van der Waals surface area contributed by atoms with Crippen LogP contribution in [0.4, 0.5) is 4.39 Å². The SMILES string of the molecule is O=C(Cc1ccc(F)cc1)N1CC2(C1)OCCC2COc1ccccn1. The number of amides is 1. The minimum atomic E-state index is -0.298. The third-order valence-corrected chi connectivity index (χ3v) is 5.21. The maximum atomic E-state index is 13.0. The number of carbonyl (C=O) groups is 1. The van der Waals surface area contributed by atoms with Crippen molar-refractivity contribution in [2.75, 3.05) is 26.3 Å². The van der Waals surface area contributed by atoms with Crippen molar-refractivity contribution < 1.29 is 18.7 Å². The quantitative estimate of drug-likeness (QED) is 0.826. The van der Waals surface area contributed by atoms with Gasteiger partial charge in [-0.2, -0.15) is 0 Å². The molecule has 2 aliphatic heterocycles. The summed E-state index contributed by atoms with van der Waals surface area (Å²) >= 11 is 0. The molecule has 1 aromatic heterocycles. The Morgan fingerprint density at radius 2 is 2.08 bits per heavy atom. The van der Waals surface area contributed by atoms with E-state index in [-0.39, 0.29) is 29.7 Å². The van der Waals surface area contributed by atoms with Gasteiger partial charge in [-0.25, -0.2) is 9.37 Å². The van der Waals surface area contributed by atoms with Crippen LogP contribution in [0.1, 0.15) is 12.0 Å². The Hall–Kier alpha value is -2.47. The molecule has 26 heavy (non-hydrogen) atoms. The van der Waals surface area contributed by atoms with Crippen molar-refractivity contribution in [3.05, 3.63) is 60.0 Å². The highest BCUT2D eigenvalue weighted by atomic mass is 19.1. The lowest BCUT2D eigenvalue weighted by Gasteiger charge is -2.50. The molecule has 0 N–H and O–H groups in total. The van der Waals surface area contributed by atoms with Gasteiger partial charge in [-0.1, -0.05) is 18.2 Å². The lowest BCUT2D eigenvalue weighted by molar-refractivity contribution is -0.166. The van der Waals surface area contributed by atoms with E-state index in [2.05, 4.69) is 4.98 Å². The lowest BCUT2D eigenvalue weighted by Crippen LogP contribution is -2.67. The summed E-state index contributed by atoms with van der Waals surface area (Å²) < 4.78 is 24.7. The zero-order chi connectivity index (χ0) is 18.0. The summed E-state index contributed by atoms with van der Waals surface area (Å²) in [5, 5.41) is 0. The first kappa shape index (κ1) is 17.0.